The lowest BCUT2D eigenvalue weighted by atomic mass is 9.83. The first-order chi connectivity index (χ1) is 5.14. The summed E-state index contributed by atoms with van der Waals surface area (Å²) in [4.78, 5) is 0. The van der Waals surface area contributed by atoms with Crippen LogP contribution in [0.15, 0.2) is 23.8 Å². The third-order valence-corrected chi connectivity index (χ3v) is 2.18. The minimum atomic E-state index is 0.400. The zero-order valence-electron chi connectivity index (χ0n) is 7.85. The molecule has 1 aliphatic rings. The van der Waals surface area contributed by atoms with Crippen LogP contribution in [-0.2, 0) is 0 Å². The van der Waals surface area contributed by atoms with Crippen LogP contribution in [0, 0.1) is 5.41 Å². The fourth-order valence-electron chi connectivity index (χ4n) is 1.34. The quantitative estimate of drug-likeness (QED) is 0.563. The third-order valence-electron chi connectivity index (χ3n) is 2.18. The third kappa shape index (κ3) is 2.53. The first-order valence-electron chi connectivity index (χ1n) is 4.52. The number of hydrogen-bond donors (Lipinski definition) is 0. The summed E-state index contributed by atoms with van der Waals surface area (Å²) in [6, 6.07) is 0. The Balaban J connectivity index is 2.53. The SMILES string of the molecule is CCCC1=CCC(C)(C)C=C1. The average Bonchev–Trinajstić information content (AvgIpc) is 1.94. The Kier molecular flexibility index (Phi) is 2.53. The molecule has 1 rings (SSSR count). The van der Waals surface area contributed by atoms with Gasteiger partial charge in [-0.15, -0.1) is 0 Å². The lowest BCUT2D eigenvalue weighted by Gasteiger charge is -2.22. The fraction of sp³-hybridized carbons (Fsp3) is 0.636. The van der Waals surface area contributed by atoms with Crippen molar-refractivity contribution in [2.45, 2.75) is 40.0 Å². The van der Waals surface area contributed by atoms with Gasteiger partial charge in [-0.05, 0) is 18.3 Å². The average molecular weight is 150 g/mol. The standard InChI is InChI=1S/C11H18/c1-4-5-10-6-8-11(2,3)9-7-10/h6-8H,4-5,9H2,1-3H3. The fourth-order valence-corrected chi connectivity index (χ4v) is 1.34. The molecular formula is C11H18. The normalized spacial score (nSPS) is 21.5. The Morgan fingerprint density at radius 1 is 1.45 bits per heavy atom. The van der Waals surface area contributed by atoms with Gasteiger partial charge in [0.2, 0.25) is 0 Å². The molecule has 1 aliphatic carbocycles. The largest absolute Gasteiger partial charge is 0.0805 e. The molecule has 62 valence electrons. The summed E-state index contributed by atoms with van der Waals surface area (Å²) in [5, 5.41) is 0. The zero-order chi connectivity index (χ0) is 8.32. The topological polar surface area (TPSA) is 0 Å². The molecule has 0 aliphatic heterocycles. The molecule has 0 saturated heterocycles. The first-order valence-corrected chi connectivity index (χ1v) is 4.52. The van der Waals surface area contributed by atoms with Gasteiger partial charge in [-0.2, -0.15) is 0 Å². The van der Waals surface area contributed by atoms with Crippen LogP contribution in [0.3, 0.4) is 0 Å². The van der Waals surface area contributed by atoms with E-state index in [1.165, 1.54) is 24.8 Å². The van der Waals surface area contributed by atoms with Gasteiger partial charge in [-0.3, -0.25) is 0 Å². The molecule has 0 bridgehead atoms. The summed E-state index contributed by atoms with van der Waals surface area (Å²) >= 11 is 0. The summed E-state index contributed by atoms with van der Waals surface area (Å²) in [5.74, 6) is 0. The van der Waals surface area contributed by atoms with E-state index in [0.717, 1.165) is 0 Å². The van der Waals surface area contributed by atoms with Crippen LogP contribution in [0.2, 0.25) is 0 Å². The summed E-state index contributed by atoms with van der Waals surface area (Å²) in [7, 11) is 0. The molecule has 0 nitrogen and oxygen atoms in total. The highest BCUT2D eigenvalue weighted by atomic mass is 14.2. The minimum Gasteiger partial charge on any atom is -0.0805 e. The maximum absolute atomic E-state index is 2.38. The first kappa shape index (κ1) is 8.58. The molecule has 0 fully saturated rings. The Labute approximate surface area is 70.0 Å². The van der Waals surface area contributed by atoms with Crippen LogP contribution in [0.25, 0.3) is 0 Å². The predicted molar refractivity (Wildman–Crippen MR) is 50.5 cm³/mol. The van der Waals surface area contributed by atoms with Crippen molar-refractivity contribution in [1.82, 2.24) is 0 Å². The van der Waals surface area contributed by atoms with Crippen molar-refractivity contribution in [3.05, 3.63) is 23.8 Å². The minimum absolute atomic E-state index is 0.400. The summed E-state index contributed by atoms with van der Waals surface area (Å²) < 4.78 is 0. The molecule has 11 heavy (non-hydrogen) atoms. The second kappa shape index (κ2) is 3.25. The van der Waals surface area contributed by atoms with Crippen molar-refractivity contribution < 1.29 is 0 Å². The van der Waals surface area contributed by atoms with Crippen LogP contribution >= 0.6 is 0 Å². The Morgan fingerprint density at radius 3 is 2.64 bits per heavy atom. The molecular weight excluding hydrogens is 132 g/mol. The molecule has 0 amide bonds. The maximum atomic E-state index is 2.38. The molecule has 0 saturated carbocycles. The molecule has 0 heterocycles. The van der Waals surface area contributed by atoms with Crippen LogP contribution < -0.4 is 0 Å². The molecule has 0 radical (unpaired) electrons. The molecule has 0 aromatic rings. The van der Waals surface area contributed by atoms with Crippen molar-refractivity contribution in [3.63, 3.8) is 0 Å². The predicted octanol–water partition coefficient (Wildman–Crippen LogP) is 3.70. The zero-order valence-corrected chi connectivity index (χ0v) is 7.85. The van der Waals surface area contributed by atoms with Crippen LogP contribution in [-0.4, -0.2) is 0 Å². The molecule has 0 spiro atoms. The van der Waals surface area contributed by atoms with E-state index in [1.54, 1.807) is 0 Å². The van der Waals surface area contributed by atoms with Crippen LogP contribution in [0.4, 0.5) is 0 Å². The maximum Gasteiger partial charge on any atom is -0.0137 e. The van der Waals surface area contributed by atoms with Gasteiger partial charge in [0, 0.05) is 0 Å². The molecule has 0 heteroatoms. The molecule has 0 unspecified atom stereocenters. The highest BCUT2D eigenvalue weighted by Crippen LogP contribution is 2.29. The summed E-state index contributed by atoms with van der Waals surface area (Å²) in [6.45, 7) is 6.79. The number of allylic oxidation sites excluding steroid dienone is 4. The van der Waals surface area contributed by atoms with Crippen molar-refractivity contribution in [3.8, 4) is 0 Å². The van der Waals surface area contributed by atoms with E-state index in [2.05, 4.69) is 39.0 Å². The monoisotopic (exact) mass is 150 g/mol. The van der Waals surface area contributed by atoms with Crippen LogP contribution in [0.1, 0.15) is 40.0 Å². The van der Waals surface area contributed by atoms with Gasteiger partial charge in [0.15, 0.2) is 0 Å². The molecule has 0 aromatic heterocycles. The number of hydrogen-bond acceptors (Lipinski definition) is 0. The molecule has 0 atom stereocenters. The Morgan fingerprint density at radius 2 is 2.18 bits per heavy atom. The van der Waals surface area contributed by atoms with Gasteiger partial charge in [0.25, 0.3) is 0 Å². The second-order valence-corrected chi connectivity index (χ2v) is 4.06. The van der Waals surface area contributed by atoms with E-state index in [-0.39, 0.29) is 0 Å². The van der Waals surface area contributed by atoms with Gasteiger partial charge in [-0.1, -0.05) is 51.0 Å². The lowest BCUT2D eigenvalue weighted by molar-refractivity contribution is 0.480. The van der Waals surface area contributed by atoms with E-state index in [4.69, 9.17) is 0 Å². The molecule has 0 N–H and O–H groups in total. The Bertz CT molecular complexity index is 182. The van der Waals surface area contributed by atoms with Gasteiger partial charge >= 0.3 is 0 Å². The van der Waals surface area contributed by atoms with Gasteiger partial charge < -0.3 is 0 Å². The molecule has 0 aromatic carbocycles. The summed E-state index contributed by atoms with van der Waals surface area (Å²) in [5.41, 5.74) is 1.92. The van der Waals surface area contributed by atoms with Gasteiger partial charge in [-0.25, -0.2) is 0 Å². The highest BCUT2D eigenvalue weighted by Gasteiger charge is 2.14. The second-order valence-electron chi connectivity index (χ2n) is 4.06. The lowest BCUT2D eigenvalue weighted by Crippen LogP contribution is -2.08. The van der Waals surface area contributed by atoms with E-state index in [0.29, 0.717) is 5.41 Å². The highest BCUT2D eigenvalue weighted by molar-refractivity contribution is 5.25. The van der Waals surface area contributed by atoms with E-state index in [1.807, 2.05) is 0 Å². The van der Waals surface area contributed by atoms with Crippen molar-refractivity contribution in [1.29, 1.82) is 0 Å². The van der Waals surface area contributed by atoms with Crippen molar-refractivity contribution in [2.75, 3.05) is 0 Å². The van der Waals surface area contributed by atoms with E-state index < -0.39 is 0 Å². The Hall–Kier alpha value is -0.520. The van der Waals surface area contributed by atoms with Gasteiger partial charge in [0.05, 0.1) is 0 Å². The van der Waals surface area contributed by atoms with Gasteiger partial charge in [0.1, 0.15) is 0 Å². The van der Waals surface area contributed by atoms with Crippen molar-refractivity contribution in [2.24, 2.45) is 5.41 Å². The number of rotatable bonds is 2. The van der Waals surface area contributed by atoms with E-state index >= 15 is 0 Å². The summed E-state index contributed by atoms with van der Waals surface area (Å²) in [6.07, 6.45) is 10.7. The van der Waals surface area contributed by atoms with Crippen molar-refractivity contribution >= 4 is 0 Å². The van der Waals surface area contributed by atoms with E-state index in [9.17, 15) is 0 Å². The smallest absolute Gasteiger partial charge is 0.0137 e. The van der Waals surface area contributed by atoms with Crippen LogP contribution in [0.5, 0.6) is 0 Å².